The lowest BCUT2D eigenvalue weighted by Gasteiger charge is -2.32. The summed E-state index contributed by atoms with van der Waals surface area (Å²) in [6.45, 7) is 6.53. The molecule has 7 nitrogen and oxygen atoms in total. The molecular weight excluding hydrogens is 332 g/mol. The van der Waals surface area contributed by atoms with Gasteiger partial charge in [0.15, 0.2) is 0 Å². The molecule has 1 aliphatic rings. The number of hydrogen-bond donors (Lipinski definition) is 1. The van der Waals surface area contributed by atoms with E-state index in [0.717, 1.165) is 5.52 Å². The second-order valence-electron chi connectivity index (χ2n) is 6.85. The number of carbonyl (C=O) groups excluding carboxylic acids is 1. The maximum atomic E-state index is 12.1. The Bertz CT molecular complexity index is 740. The van der Waals surface area contributed by atoms with Gasteiger partial charge in [-0.05, 0) is 45.4 Å². The van der Waals surface area contributed by atoms with E-state index in [0.29, 0.717) is 30.2 Å². The van der Waals surface area contributed by atoms with Crippen molar-refractivity contribution in [3.05, 3.63) is 23.2 Å². The van der Waals surface area contributed by atoms with Crippen LogP contribution in [0.25, 0.3) is 11.0 Å². The van der Waals surface area contributed by atoms with Crippen LogP contribution in [0.15, 0.2) is 18.2 Å². The predicted octanol–water partition coefficient (Wildman–Crippen LogP) is 2.94. The molecule has 24 heavy (non-hydrogen) atoms. The van der Waals surface area contributed by atoms with Crippen molar-refractivity contribution in [2.45, 2.75) is 44.9 Å². The van der Waals surface area contributed by atoms with Gasteiger partial charge in [0.1, 0.15) is 11.1 Å². The van der Waals surface area contributed by atoms with E-state index in [1.54, 1.807) is 16.8 Å². The topological polar surface area (TPSA) is 78.3 Å². The number of carbonyl (C=O) groups is 1. The van der Waals surface area contributed by atoms with Crippen LogP contribution in [0.3, 0.4) is 0 Å². The highest BCUT2D eigenvalue weighted by molar-refractivity contribution is 6.31. The number of nitrogens with one attached hydrogen (secondary N) is 1. The zero-order chi connectivity index (χ0) is 17.3. The summed E-state index contributed by atoms with van der Waals surface area (Å²) >= 11 is 6.00. The molecule has 2 atom stereocenters. The number of rotatable bonds is 2. The Morgan fingerprint density at radius 3 is 3.00 bits per heavy atom. The molecule has 0 unspecified atom stereocenters. The highest BCUT2D eigenvalue weighted by Crippen LogP contribution is 2.25. The van der Waals surface area contributed by atoms with Crippen LogP contribution in [0.2, 0.25) is 5.02 Å². The van der Waals surface area contributed by atoms with Crippen molar-refractivity contribution < 1.29 is 14.3 Å². The second kappa shape index (κ2) is 6.57. The monoisotopic (exact) mass is 352 g/mol. The zero-order valence-corrected chi connectivity index (χ0v) is 14.7. The number of nitrogens with zero attached hydrogens (tertiary/aromatic N) is 3. The van der Waals surface area contributed by atoms with Crippen LogP contribution >= 0.6 is 11.6 Å². The Morgan fingerprint density at radius 1 is 1.46 bits per heavy atom. The van der Waals surface area contributed by atoms with Gasteiger partial charge in [0.2, 0.25) is 0 Å². The minimum Gasteiger partial charge on any atom is -0.444 e. The van der Waals surface area contributed by atoms with Gasteiger partial charge in [-0.2, -0.15) is 0 Å². The van der Waals surface area contributed by atoms with Gasteiger partial charge in [-0.1, -0.05) is 16.8 Å². The third-order valence-electron chi connectivity index (χ3n) is 3.78. The fourth-order valence-electron chi connectivity index (χ4n) is 2.75. The van der Waals surface area contributed by atoms with E-state index in [1.807, 2.05) is 26.8 Å². The molecule has 0 bridgehead atoms. The summed E-state index contributed by atoms with van der Waals surface area (Å²) in [4.78, 5) is 12.1. The number of fused-ring (bicyclic) bond motifs is 1. The standard InChI is InChI=1S/C16H21ClN4O3/c1-16(2,3)24-15(22)18-11-6-7-23-9-14(11)21-13-5-4-10(17)8-12(13)19-20-21/h4-5,8,11,14H,6-7,9H2,1-3H3,(H,18,22)/t11-,14-/m1/s1. The Morgan fingerprint density at radius 2 is 2.25 bits per heavy atom. The highest BCUT2D eigenvalue weighted by atomic mass is 35.5. The fraction of sp³-hybridized carbons (Fsp3) is 0.562. The lowest BCUT2D eigenvalue weighted by Crippen LogP contribution is -2.48. The van der Waals surface area contributed by atoms with Gasteiger partial charge in [-0.15, -0.1) is 5.10 Å². The lowest BCUT2D eigenvalue weighted by molar-refractivity contribution is 0.0190. The minimum atomic E-state index is -0.540. The van der Waals surface area contributed by atoms with Gasteiger partial charge in [0, 0.05) is 11.6 Å². The Kier molecular flexibility index (Phi) is 4.64. The molecule has 8 heteroatoms. The number of amides is 1. The normalized spacial score (nSPS) is 21.7. The maximum Gasteiger partial charge on any atom is 0.407 e. The van der Waals surface area contributed by atoms with Crippen molar-refractivity contribution in [1.82, 2.24) is 20.3 Å². The van der Waals surface area contributed by atoms with Crippen molar-refractivity contribution in [2.75, 3.05) is 13.2 Å². The van der Waals surface area contributed by atoms with Crippen LogP contribution in [-0.4, -0.2) is 45.9 Å². The molecule has 2 aromatic rings. The molecule has 1 aromatic heterocycles. The molecule has 0 saturated carbocycles. The number of benzene rings is 1. The van der Waals surface area contributed by atoms with Crippen LogP contribution in [0, 0.1) is 0 Å². The predicted molar refractivity (Wildman–Crippen MR) is 90.2 cm³/mol. The van der Waals surface area contributed by atoms with E-state index in [1.165, 1.54) is 0 Å². The first-order valence-electron chi connectivity index (χ1n) is 7.91. The van der Waals surface area contributed by atoms with Crippen LogP contribution in [-0.2, 0) is 9.47 Å². The molecule has 0 spiro atoms. The van der Waals surface area contributed by atoms with Gasteiger partial charge in [-0.3, -0.25) is 0 Å². The van der Waals surface area contributed by atoms with E-state index in [4.69, 9.17) is 21.1 Å². The molecule has 0 aliphatic carbocycles. The van der Waals surface area contributed by atoms with Crippen molar-refractivity contribution >= 4 is 28.7 Å². The molecule has 130 valence electrons. The summed E-state index contributed by atoms with van der Waals surface area (Å²) in [6, 6.07) is 5.13. The van der Waals surface area contributed by atoms with Crippen LogP contribution < -0.4 is 5.32 Å². The van der Waals surface area contributed by atoms with E-state index in [-0.39, 0.29) is 12.1 Å². The Labute approximate surface area is 145 Å². The summed E-state index contributed by atoms with van der Waals surface area (Å²) in [5, 5.41) is 11.9. The summed E-state index contributed by atoms with van der Waals surface area (Å²) in [7, 11) is 0. The molecule has 1 fully saturated rings. The van der Waals surface area contributed by atoms with Gasteiger partial charge >= 0.3 is 6.09 Å². The van der Waals surface area contributed by atoms with Gasteiger partial charge in [-0.25, -0.2) is 9.48 Å². The van der Waals surface area contributed by atoms with Crippen LogP contribution in [0.4, 0.5) is 4.79 Å². The zero-order valence-electron chi connectivity index (χ0n) is 14.0. The summed E-state index contributed by atoms with van der Waals surface area (Å²) in [5.41, 5.74) is 1.02. The number of hydrogen-bond acceptors (Lipinski definition) is 5. The van der Waals surface area contributed by atoms with Gasteiger partial charge < -0.3 is 14.8 Å². The second-order valence-corrected chi connectivity index (χ2v) is 7.29. The van der Waals surface area contributed by atoms with Crippen molar-refractivity contribution in [3.8, 4) is 0 Å². The average Bonchev–Trinajstić information content (AvgIpc) is 2.88. The summed E-state index contributed by atoms with van der Waals surface area (Å²) < 4.78 is 12.7. The minimum absolute atomic E-state index is 0.144. The highest BCUT2D eigenvalue weighted by Gasteiger charge is 2.32. The SMILES string of the molecule is CC(C)(C)OC(=O)N[C@@H]1CCOC[C@H]1n1nnc2cc(Cl)ccc21. The quantitative estimate of drug-likeness (QED) is 0.899. The molecule has 0 radical (unpaired) electrons. The lowest BCUT2D eigenvalue weighted by atomic mass is 10.0. The smallest absolute Gasteiger partial charge is 0.407 e. The van der Waals surface area contributed by atoms with Crippen molar-refractivity contribution in [1.29, 1.82) is 0 Å². The van der Waals surface area contributed by atoms with Crippen molar-refractivity contribution in [3.63, 3.8) is 0 Å². The third kappa shape index (κ3) is 3.79. The molecule has 1 aliphatic heterocycles. The summed E-state index contributed by atoms with van der Waals surface area (Å²) in [6.07, 6.45) is 0.241. The van der Waals surface area contributed by atoms with E-state index >= 15 is 0 Å². The molecule has 1 amide bonds. The number of halogens is 1. The average molecular weight is 353 g/mol. The number of alkyl carbamates (subject to hydrolysis) is 1. The van der Waals surface area contributed by atoms with Crippen LogP contribution in [0.1, 0.15) is 33.2 Å². The first-order chi connectivity index (χ1) is 11.3. The molecule has 3 rings (SSSR count). The largest absolute Gasteiger partial charge is 0.444 e. The van der Waals surface area contributed by atoms with Crippen LogP contribution in [0.5, 0.6) is 0 Å². The Hall–Kier alpha value is -1.86. The number of ether oxygens (including phenoxy) is 2. The van der Waals surface area contributed by atoms with E-state index < -0.39 is 11.7 Å². The maximum absolute atomic E-state index is 12.1. The van der Waals surface area contributed by atoms with E-state index in [2.05, 4.69) is 15.6 Å². The van der Waals surface area contributed by atoms with Crippen molar-refractivity contribution in [2.24, 2.45) is 0 Å². The molecular formula is C16H21ClN4O3. The molecule has 1 N–H and O–H groups in total. The number of aromatic nitrogens is 3. The van der Waals surface area contributed by atoms with E-state index in [9.17, 15) is 4.79 Å². The van der Waals surface area contributed by atoms with Gasteiger partial charge in [0.25, 0.3) is 0 Å². The Balaban J connectivity index is 1.82. The fourth-order valence-corrected chi connectivity index (χ4v) is 2.92. The molecule has 1 aromatic carbocycles. The third-order valence-corrected chi connectivity index (χ3v) is 4.01. The van der Waals surface area contributed by atoms with Gasteiger partial charge in [0.05, 0.1) is 24.2 Å². The first kappa shape index (κ1) is 17.0. The molecule has 2 heterocycles. The summed E-state index contributed by atoms with van der Waals surface area (Å²) in [5.74, 6) is 0. The first-order valence-corrected chi connectivity index (χ1v) is 8.29. The molecule has 1 saturated heterocycles.